The molecule has 1 aromatic carbocycles. The van der Waals surface area contributed by atoms with Gasteiger partial charge in [-0.25, -0.2) is 9.18 Å². The zero-order valence-electron chi connectivity index (χ0n) is 11.6. The number of carboxylic acid groups (broad SMARTS) is 1. The molecular formula is C15H20FNO3. The summed E-state index contributed by atoms with van der Waals surface area (Å²) in [4.78, 5) is 12.9. The number of carbonyl (C=O) groups is 1. The molecular weight excluding hydrogens is 261 g/mol. The van der Waals surface area contributed by atoms with Crippen LogP contribution < -0.4 is 0 Å². The molecule has 5 heteroatoms. The second-order valence-corrected chi connectivity index (χ2v) is 5.17. The Hall–Kier alpha value is -1.46. The number of hydrogen-bond acceptors (Lipinski definition) is 3. The van der Waals surface area contributed by atoms with Crippen molar-refractivity contribution in [2.75, 3.05) is 26.3 Å². The smallest absolute Gasteiger partial charge is 0.335 e. The van der Waals surface area contributed by atoms with Crippen molar-refractivity contribution in [2.45, 2.75) is 19.9 Å². The van der Waals surface area contributed by atoms with Gasteiger partial charge in [0.05, 0.1) is 12.2 Å². The van der Waals surface area contributed by atoms with Crippen LogP contribution in [0.4, 0.5) is 4.39 Å². The fourth-order valence-electron chi connectivity index (χ4n) is 2.45. The van der Waals surface area contributed by atoms with Crippen LogP contribution in [0.3, 0.4) is 0 Å². The molecule has 110 valence electrons. The highest BCUT2D eigenvalue weighted by Gasteiger charge is 2.19. The van der Waals surface area contributed by atoms with Gasteiger partial charge in [-0.1, -0.05) is 13.0 Å². The van der Waals surface area contributed by atoms with Crippen molar-refractivity contribution in [3.8, 4) is 0 Å². The first-order chi connectivity index (χ1) is 9.60. The van der Waals surface area contributed by atoms with Crippen LogP contribution in [-0.4, -0.2) is 42.3 Å². The van der Waals surface area contributed by atoms with Crippen molar-refractivity contribution in [1.82, 2.24) is 4.90 Å². The summed E-state index contributed by atoms with van der Waals surface area (Å²) in [6.07, 6.45) is 1.05. The molecule has 0 saturated carbocycles. The third kappa shape index (κ3) is 3.77. The van der Waals surface area contributed by atoms with Gasteiger partial charge in [-0.3, -0.25) is 4.90 Å². The molecule has 1 aromatic rings. The summed E-state index contributed by atoms with van der Waals surface area (Å²) >= 11 is 0. The van der Waals surface area contributed by atoms with Gasteiger partial charge in [-0.2, -0.15) is 0 Å². The SMILES string of the molecule is CCN(Cc1ccc(C(=O)O)cc1F)CC1CCOC1. The summed E-state index contributed by atoms with van der Waals surface area (Å²) in [6.45, 7) is 5.84. The van der Waals surface area contributed by atoms with E-state index in [0.29, 0.717) is 18.0 Å². The Kier molecular flexibility index (Phi) is 5.09. The average molecular weight is 281 g/mol. The Balaban J connectivity index is 2.01. The minimum atomic E-state index is -1.11. The Bertz CT molecular complexity index is 472. The molecule has 4 nitrogen and oxygen atoms in total. The van der Waals surface area contributed by atoms with Gasteiger partial charge in [0.2, 0.25) is 0 Å². The van der Waals surface area contributed by atoms with Gasteiger partial charge in [-0.15, -0.1) is 0 Å². The van der Waals surface area contributed by atoms with E-state index in [0.717, 1.165) is 38.8 Å². The lowest BCUT2D eigenvalue weighted by molar-refractivity contribution is 0.0696. The van der Waals surface area contributed by atoms with Gasteiger partial charge < -0.3 is 9.84 Å². The maximum Gasteiger partial charge on any atom is 0.335 e. The second kappa shape index (κ2) is 6.81. The van der Waals surface area contributed by atoms with Gasteiger partial charge in [-0.05, 0) is 31.0 Å². The molecule has 1 saturated heterocycles. The molecule has 1 fully saturated rings. The molecule has 0 amide bonds. The van der Waals surface area contributed by atoms with Crippen LogP contribution in [0.15, 0.2) is 18.2 Å². The number of halogens is 1. The van der Waals surface area contributed by atoms with Crippen molar-refractivity contribution < 1.29 is 19.0 Å². The number of rotatable bonds is 6. The summed E-state index contributed by atoms with van der Waals surface area (Å²) in [5, 5.41) is 8.83. The van der Waals surface area contributed by atoms with Crippen molar-refractivity contribution in [3.63, 3.8) is 0 Å². The highest BCUT2D eigenvalue weighted by Crippen LogP contribution is 2.17. The fraction of sp³-hybridized carbons (Fsp3) is 0.533. The molecule has 1 heterocycles. The average Bonchev–Trinajstić information content (AvgIpc) is 2.92. The summed E-state index contributed by atoms with van der Waals surface area (Å²) < 4.78 is 19.3. The van der Waals surface area contributed by atoms with E-state index >= 15 is 0 Å². The summed E-state index contributed by atoms with van der Waals surface area (Å²) in [5.74, 6) is -1.05. The molecule has 1 aliphatic heterocycles. The van der Waals surface area contributed by atoms with Crippen molar-refractivity contribution in [3.05, 3.63) is 35.1 Å². The summed E-state index contributed by atoms with van der Waals surface area (Å²) in [7, 11) is 0. The third-order valence-corrected chi connectivity index (χ3v) is 3.68. The van der Waals surface area contributed by atoms with Gasteiger partial charge in [0.1, 0.15) is 5.82 Å². The van der Waals surface area contributed by atoms with E-state index in [4.69, 9.17) is 9.84 Å². The molecule has 0 radical (unpaired) electrons. The van der Waals surface area contributed by atoms with Crippen LogP contribution in [-0.2, 0) is 11.3 Å². The molecule has 2 rings (SSSR count). The molecule has 0 spiro atoms. The van der Waals surface area contributed by atoms with E-state index in [9.17, 15) is 9.18 Å². The molecule has 1 atom stereocenters. The topological polar surface area (TPSA) is 49.8 Å². The van der Waals surface area contributed by atoms with Gasteiger partial charge >= 0.3 is 5.97 Å². The molecule has 20 heavy (non-hydrogen) atoms. The standard InChI is InChI=1S/C15H20FNO3/c1-2-17(8-11-5-6-20-10-11)9-13-4-3-12(15(18)19)7-14(13)16/h3-4,7,11H,2,5-6,8-10H2,1H3,(H,18,19). The molecule has 0 bridgehead atoms. The molecule has 0 aliphatic carbocycles. The number of carboxylic acids is 1. The van der Waals surface area contributed by atoms with Crippen LogP contribution in [0.5, 0.6) is 0 Å². The minimum Gasteiger partial charge on any atom is -0.478 e. The lowest BCUT2D eigenvalue weighted by atomic mass is 10.1. The lowest BCUT2D eigenvalue weighted by Crippen LogP contribution is -2.29. The van der Waals surface area contributed by atoms with Gasteiger partial charge in [0.15, 0.2) is 0 Å². The molecule has 0 aromatic heterocycles. The van der Waals surface area contributed by atoms with Crippen LogP contribution in [0, 0.1) is 11.7 Å². The Morgan fingerprint density at radius 2 is 2.35 bits per heavy atom. The predicted molar refractivity (Wildman–Crippen MR) is 73.2 cm³/mol. The van der Waals surface area contributed by atoms with Crippen LogP contribution in [0.2, 0.25) is 0 Å². The number of hydrogen-bond donors (Lipinski definition) is 1. The summed E-state index contributed by atoms with van der Waals surface area (Å²) in [5.41, 5.74) is 0.522. The Morgan fingerprint density at radius 3 is 2.90 bits per heavy atom. The highest BCUT2D eigenvalue weighted by atomic mass is 19.1. The first-order valence-corrected chi connectivity index (χ1v) is 6.92. The van der Waals surface area contributed by atoms with Crippen molar-refractivity contribution >= 4 is 5.97 Å². The minimum absolute atomic E-state index is 0.0153. The van der Waals surface area contributed by atoms with Crippen LogP contribution in [0.1, 0.15) is 29.3 Å². The quantitative estimate of drug-likeness (QED) is 0.870. The first-order valence-electron chi connectivity index (χ1n) is 6.92. The normalized spacial score (nSPS) is 18.6. The van der Waals surface area contributed by atoms with Crippen LogP contribution >= 0.6 is 0 Å². The zero-order valence-corrected chi connectivity index (χ0v) is 11.6. The van der Waals surface area contributed by atoms with E-state index in [-0.39, 0.29) is 5.56 Å². The predicted octanol–water partition coefficient (Wildman–Crippen LogP) is 2.38. The second-order valence-electron chi connectivity index (χ2n) is 5.17. The van der Waals surface area contributed by atoms with Crippen LogP contribution in [0.25, 0.3) is 0 Å². The van der Waals surface area contributed by atoms with E-state index in [1.54, 1.807) is 6.07 Å². The zero-order chi connectivity index (χ0) is 14.5. The van der Waals surface area contributed by atoms with Gasteiger partial charge in [0, 0.05) is 25.3 Å². The summed E-state index contributed by atoms with van der Waals surface area (Å²) in [6, 6.07) is 4.10. The fourth-order valence-corrected chi connectivity index (χ4v) is 2.45. The maximum absolute atomic E-state index is 13.9. The maximum atomic E-state index is 13.9. The highest BCUT2D eigenvalue weighted by molar-refractivity contribution is 5.87. The van der Waals surface area contributed by atoms with Gasteiger partial charge in [0.25, 0.3) is 0 Å². The van der Waals surface area contributed by atoms with E-state index in [2.05, 4.69) is 4.90 Å². The van der Waals surface area contributed by atoms with E-state index in [1.165, 1.54) is 6.07 Å². The molecule has 1 N–H and O–H groups in total. The number of benzene rings is 1. The van der Waals surface area contributed by atoms with Crippen molar-refractivity contribution in [1.29, 1.82) is 0 Å². The Labute approximate surface area is 118 Å². The largest absolute Gasteiger partial charge is 0.478 e. The monoisotopic (exact) mass is 281 g/mol. The Morgan fingerprint density at radius 1 is 1.55 bits per heavy atom. The van der Waals surface area contributed by atoms with E-state index < -0.39 is 11.8 Å². The number of nitrogens with zero attached hydrogens (tertiary/aromatic N) is 1. The first kappa shape index (κ1) is 14.9. The van der Waals surface area contributed by atoms with Crippen molar-refractivity contribution in [2.24, 2.45) is 5.92 Å². The molecule has 1 aliphatic rings. The third-order valence-electron chi connectivity index (χ3n) is 3.68. The molecule has 1 unspecified atom stereocenters. The number of ether oxygens (including phenoxy) is 1. The number of aromatic carboxylic acids is 1. The lowest BCUT2D eigenvalue weighted by Gasteiger charge is -2.23. The van der Waals surface area contributed by atoms with E-state index in [1.807, 2.05) is 6.92 Å².